The Morgan fingerprint density at radius 2 is 1.81 bits per heavy atom. The Bertz CT molecular complexity index is 1340. The van der Waals surface area contributed by atoms with Gasteiger partial charge in [0.2, 0.25) is 0 Å². The van der Waals surface area contributed by atoms with Crippen LogP contribution in [0.5, 0.6) is 0 Å². The first kappa shape index (κ1) is 23.5. The van der Waals surface area contributed by atoms with Crippen molar-refractivity contribution in [3.05, 3.63) is 83.7 Å². The smallest absolute Gasteiger partial charge is 0.409 e. The maximum absolute atomic E-state index is 13.4. The zero-order valence-electron chi connectivity index (χ0n) is 20.0. The van der Waals surface area contributed by atoms with E-state index in [0.29, 0.717) is 43.7 Å². The van der Waals surface area contributed by atoms with Crippen LogP contribution < -0.4 is 0 Å². The Morgan fingerprint density at radius 1 is 1.06 bits per heavy atom. The number of aromatic nitrogens is 1. The molecule has 1 unspecified atom stereocenters. The Morgan fingerprint density at radius 3 is 2.53 bits per heavy atom. The molecule has 0 saturated carbocycles. The van der Waals surface area contributed by atoms with Crippen LogP contribution >= 0.6 is 0 Å². The van der Waals surface area contributed by atoms with Crippen molar-refractivity contribution in [2.24, 2.45) is 0 Å². The van der Waals surface area contributed by atoms with E-state index in [1.54, 1.807) is 47.3 Å². The Labute approximate surface area is 208 Å². The van der Waals surface area contributed by atoms with Crippen LogP contribution in [0.2, 0.25) is 0 Å². The molecule has 1 N–H and O–H groups in total. The predicted octanol–water partition coefficient (Wildman–Crippen LogP) is 4.28. The monoisotopic (exact) mass is 485 g/mol. The lowest BCUT2D eigenvalue weighted by Gasteiger charge is -2.38. The maximum Gasteiger partial charge on any atom is 0.409 e. The standard InChI is InChI=1S/C28H27N3O5/c1-2-36-28(35)30-15-12-20(13-16-30)31-24(19-9-6-14-29-17-19)23(26(33)27(31)34)25(32)22-11-5-8-18-7-3-4-10-21(18)22/h3-11,14,17,20,24,32H,2,12-13,15-16H2,1H3/b25-23-. The molecule has 2 aromatic carbocycles. The van der Waals surface area contributed by atoms with Crippen LogP contribution in [0, 0.1) is 0 Å². The summed E-state index contributed by atoms with van der Waals surface area (Å²) in [6.07, 6.45) is 3.86. The second-order valence-electron chi connectivity index (χ2n) is 8.94. The van der Waals surface area contributed by atoms with Crippen molar-refractivity contribution in [3.8, 4) is 0 Å². The molecule has 5 rings (SSSR count). The highest BCUT2D eigenvalue weighted by Crippen LogP contribution is 2.42. The first-order valence-electron chi connectivity index (χ1n) is 12.1. The normalized spacial score (nSPS) is 20.2. The number of carbonyl (C=O) groups is 3. The van der Waals surface area contributed by atoms with Gasteiger partial charge in [-0.05, 0) is 42.2 Å². The van der Waals surface area contributed by atoms with Crippen LogP contribution in [0.3, 0.4) is 0 Å². The highest BCUT2D eigenvalue weighted by Gasteiger charge is 2.49. The van der Waals surface area contributed by atoms with E-state index in [1.807, 2.05) is 36.4 Å². The van der Waals surface area contributed by atoms with Gasteiger partial charge in [-0.15, -0.1) is 0 Å². The molecule has 36 heavy (non-hydrogen) atoms. The lowest BCUT2D eigenvalue weighted by Crippen LogP contribution is -2.48. The number of likely N-dealkylation sites (tertiary alicyclic amines) is 2. The molecule has 2 saturated heterocycles. The van der Waals surface area contributed by atoms with Crippen LogP contribution in [0.15, 0.2) is 72.6 Å². The highest BCUT2D eigenvalue weighted by atomic mass is 16.6. The van der Waals surface area contributed by atoms with Crippen molar-refractivity contribution in [3.63, 3.8) is 0 Å². The first-order valence-corrected chi connectivity index (χ1v) is 12.1. The molecule has 1 aromatic heterocycles. The number of ketones is 1. The van der Waals surface area contributed by atoms with Crippen molar-refractivity contribution in [2.45, 2.75) is 31.8 Å². The molecule has 0 spiro atoms. The third-order valence-electron chi connectivity index (χ3n) is 6.91. The third kappa shape index (κ3) is 4.08. The number of Topliss-reactive ketones (excluding diaryl/α,β-unsaturated/α-hetero) is 1. The minimum atomic E-state index is -0.781. The predicted molar refractivity (Wildman–Crippen MR) is 134 cm³/mol. The zero-order valence-corrected chi connectivity index (χ0v) is 20.0. The van der Waals surface area contributed by atoms with Gasteiger partial charge in [-0.2, -0.15) is 0 Å². The van der Waals surface area contributed by atoms with Gasteiger partial charge in [0.05, 0.1) is 18.2 Å². The summed E-state index contributed by atoms with van der Waals surface area (Å²) in [5.74, 6) is -1.58. The summed E-state index contributed by atoms with van der Waals surface area (Å²) in [7, 11) is 0. The lowest BCUT2D eigenvalue weighted by molar-refractivity contribution is -0.142. The summed E-state index contributed by atoms with van der Waals surface area (Å²) in [5, 5.41) is 13.2. The van der Waals surface area contributed by atoms with Crippen LogP contribution in [0.1, 0.15) is 36.9 Å². The van der Waals surface area contributed by atoms with Crippen LogP contribution in [0.4, 0.5) is 4.79 Å². The molecule has 0 bridgehead atoms. The topological polar surface area (TPSA) is 100 Å². The molecule has 0 aliphatic carbocycles. The molecule has 8 heteroatoms. The van der Waals surface area contributed by atoms with Crippen molar-refractivity contribution >= 4 is 34.3 Å². The number of nitrogens with zero attached hydrogens (tertiary/aromatic N) is 3. The number of fused-ring (bicyclic) bond motifs is 1. The number of hydrogen-bond acceptors (Lipinski definition) is 6. The van der Waals surface area contributed by atoms with E-state index in [9.17, 15) is 19.5 Å². The number of aliphatic hydroxyl groups is 1. The molecular formula is C28H27N3O5. The van der Waals surface area contributed by atoms with Crippen LogP contribution in [-0.2, 0) is 14.3 Å². The second-order valence-corrected chi connectivity index (χ2v) is 8.94. The molecule has 0 radical (unpaired) electrons. The van der Waals surface area contributed by atoms with Crippen molar-refractivity contribution in [1.82, 2.24) is 14.8 Å². The minimum Gasteiger partial charge on any atom is -0.507 e. The lowest BCUT2D eigenvalue weighted by atomic mass is 9.93. The van der Waals surface area contributed by atoms with E-state index < -0.39 is 17.7 Å². The SMILES string of the molecule is CCOC(=O)N1CCC(N2C(=O)C(=O)/C(=C(\O)c3cccc4ccccc34)C2c2cccnc2)CC1. The largest absolute Gasteiger partial charge is 0.507 e. The fourth-order valence-corrected chi connectivity index (χ4v) is 5.21. The molecule has 2 aliphatic heterocycles. The maximum atomic E-state index is 13.4. The molecule has 2 amide bonds. The van der Waals surface area contributed by atoms with Gasteiger partial charge in [0, 0.05) is 37.1 Å². The average molecular weight is 486 g/mol. The summed E-state index contributed by atoms with van der Waals surface area (Å²) in [5.41, 5.74) is 1.20. The van der Waals surface area contributed by atoms with Crippen LogP contribution in [-0.4, -0.2) is 63.4 Å². The molecule has 184 valence electrons. The number of pyridine rings is 1. The number of piperidine rings is 1. The fraction of sp³-hybridized carbons (Fsp3) is 0.286. The first-order chi connectivity index (χ1) is 17.5. The number of ether oxygens (including phenoxy) is 1. The molecule has 3 heterocycles. The number of carbonyl (C=O) groups excluding carboxylic acids is 3. The highest BCUT2D eigenvalue weighted by molar-refractivity contribution is 6.46. The molecular weight excluding hydrogens is 458 g/mol. The third-order valence-corrected chi connectivity index (χ3v) is 6.91. The van der Waals surface area contributed by atoms with E-state index in [4.69, 9.17) is 4.74 Å². The Hall–Kier alpha value is -4.20. The number of benzene rings is 2. The molecule has 1 atom stereocenters. The molecule has 3 aromatic rings. The van der Waals surface area contributed by atoms with Gasteiger partial charge in [0.15, 0.2) is 0 Å². The van der Waals surface area contributed by atoms with E-state index in [1.165, 1.54) is 0 Å². The van der Waals surface area contributed by atoms with Gasteiger partial charge in [-0.25, -0.2) is 4.79 Å². The summed E-state index contributed by atoms with van der Waals surface area (Å²) in [4.78, 5) is 46.4. The van der Waals surface area contributed by atoms with E-state index >= 15 is 0 Å². The van der Waals surface area contributed by atoms with Crippen molar-refractivity contribution < 1.29 is 24.2 Å². The summed E-state index contributed by atoms with van der Waals surface area (Å²) in [6, 6.07) is 15.6. The molecule has 2 aliphatic rings. The zero-order chi connectivity index (χ0) is 25.2. The van der Waals surface area contributed by atoms with Gasteiger partial charge in [-0.1, -0.05) is 48.5 Å². The van der Waals surface area contributed by atoms with E-state index in [2.05, 4.69) is 4.98 Å². The van der Waals surface area contributed by atoms with Crippen molar-refractivity contribution in [2.75, 3.05) is 19.7 Å². The van der Waals surface area contributed by atoms with Gasteiger partial charge in [0.25, 0.3) is 11.7 Å². The van der Waals surface area contributed by atoms with E-state index in [-0.39, 0.29) is 23.5 Å². The second kappa shape index (κ2) is 9.81. The number of rotatable bonds is 4. The van der Waals surface area contributed by atoms with Gasteiger partial charge < -0.3 is 19.6 Å². The summed E-state index contributed by atoms with van der Waals surface area (Å²) in [6.45, 7) is 2.88. The van der Waals surface area contributed by atoms with Crippen LogP contribution in [0.25, 0.3) is 16.5 Å². The number of amides is 2. The number of hydrogen-bond donors (Lipinski definition) is 1. The molecule has 8 nitrogen and oxygen atoms in total. The number of aliphatic hydroxyl groups excluding tert-OH is 1. The quantitative estimate of drug-likeness (QED) is 0.336. The van der Waals surface area contributed by atoms with Crippen molar-refractivity contribution in [1.29, 1.82) is 0 Å². The summed E-state index contributed by atoms with van der Waals surface area (Å²) < 4.78 is 5.11. The fourth-order valence-electron chi connectivity index (χ4n) is 5.21. The Balaban J connectivity index is 1.57. The van der Waals surface area contributed by atoms with Gasteiger partial charge in [0.1, 0.15) is 5.76 Å². The van der Waals surface area contributed by atoms with E-state index in [0.717, 1.165) is 10.8 Å². The molecule has 2 fully saturated rings. The Kier molecular flexibility index (Phi) is 6.41. The van der Waals surface area contributed by atoms with Gasteiger partial charge >= 0.3 is 6.09 Å². The van der Waals surface area contributed by atoms with Gasteiger partial charge in [-0.3, -0.25) is 14.6 Å². The summed E-state index contributed by atoms with van der Waals surface area (Å²) >= 11 is 0. The minimum absolute atomic E-state index is 0.0529. The average Bonchev–Trinajstić information content (AvgIpc) is 3.18.